The van der Waals surface area contributed by atoms with Gasteiger partial charge >= 0.3 is 78.8 Å². The fraction of sp³-hybridized carbons (Fsp3) is 0.0833. The Balaban J connectivity index is 2.48. The Hall–Kier alpha value is -1.37. The van der Waals surface area contributed by atoms with Gasteiger partial charge in [0.25, 0.3) is 0 Å². The Morgan fingerprint density at radius 2 is 1.92 bits per heavy atom. The second-order valence-corrected chi connectivity index (χ2v) is 3.24. The van der Waals surface area contributed by atoms with Crippen LogP contribution in [0.15, 0.2) is 48.4 Å². The van der Waals surface area contributed by atoms with E-state index in [1.165, 1.54) is 16.6 Å². The van der Waals surface area contributed by atoms with E-state index in [-0.39, 0.29) is 0 Å². The minimum absolute atomic E-state index is 1.28. The maximum absolute atomic E-state index is 2.20. The molecule has 2 aromatic rings. The standard InChI is InChI=1S/C12H11B/c1-10-5-4-6-11(9-10)12-7-2-3-8-13-12/h2-9H,1H3. The summed E-state index contributed by atoms with van der Waals surface area (Å²) in [6, 6.07) is 14.8. The van der Waals surface area contributed by atoms with Gasteiger partial charge in [-0.1, -0.05) is 0 Å². The van der Waals surface area contributed by atoms with E-state index in [0.29, 0.717) is 0 Å². The molecule has 0 aliphatic heterocycles. The molecule has 0 saturated carbocycles. The van der Waals surface area contributed by atoms with Crippen molar-refractivity contribution in [3.05, 3.63) is 54.0 Å². The molecule has 13 heavy (non-hydrogen) atoms. The topological polar surface area (TPSA) is 0 Å². The van der Waals surface area contributed by atoms with Crippen molar-refractivity contribution in [2.75, 3.05) is 0 Å². The van der Waals surface area contributed by atoms with Crippen molar-refractivity contribution in [2.24, 2.45) is 0 Å². The van der Waals surface area contributed by atoms with Crippen molar-refractivity contribution in [1.82, 2.24) is 0 Å². The first-order valence-electron chi connectivity index (χ1n) is 4.48. The van der Waals surface area contributed by atoms with Crippen LogP contribution in [0.5, 0.6) is 0 Å². The third-order valence-corrected chi connectivity index (χ3v) is 2.13. The van der Waals surface area contributed by atoms with Gasteiger partial charge in [0.1, 0.15) is 0 Å². The molecule has 0 aliphatic carbocycles. The summed E-state index contributed by atoms with van der Waals surface area (Å²) in [4.78, 5) is 0. The zero-order chi connectivity index (χ0) is 9.10. The summed E-state index contributed by atoms with van der Waals surface area (Å²) in [5.74, 6) is 2.07. The zero-order valence-corrected chi connectivity index (χ0v) is 7.70. The van der Waals surface area contributed by atoms with Crippen LogP contribution in [0.3, 0.4) is 0 Å². The molecule has 1 heteroatoms. The molecule has 0 unspecified atom stereocenters. The third-order valence-electron chi connectivity index (χ3n) is 2.13. The van der Waals surface area contributed by atoms with Gasteiger partial charge in [-0.2, -0.15) is 0 Å². The van der Waals surface area contributed by atoms with Crippen LogP contribution in [0.25, 0.3) is 11.0 Å². The Bertz CT molecular complexity index is 393. The van der Waals surface area contributed by atoms with E-state index in [1.807, 2.05) is 6.07 Å². The first-order valence-corrected chi connectivity index (χ1v) is 4.48. The van der Waals surface area contributed by atoms with Crippen molar-refractivity contribution in [3.8, 4) is 11.0 Å². The first kappa shape index (κ1) is 8.24. The normalized spacial score (nSPS) is 9.62. The summed E-state index contributed by atoms with van der Waals surface area (Å²) in [5, 5.41) is 0. The van der Waals surface area contributed by atoms with Crippen LogP contribution < -0.4 is 0 Å². The van der Waals surface area contributed by atoms with Crippen molar-refractivity contribution in [1.29, 1.82) is 0 Å². The van der Waals surface area contributed by atoms with Gasteiger partial charge in [-0.15, -0.1) is 0 Å². The molecular weight excluding hydrogens is 155 g/mol. The Labute approximate surface area is 79.5 Å². The Kier molecular flexibility index (Phi) is 2.26. The van der Waals surface area contributed by atoms with Gasteiger partial charge in [-0.3, -0.25) is 0 Å². The molecule has 62 valence electrons. The van der Waals surface area contributed by atoms with Crippen LogP contribution >= 0.6 is 0 Å². The summed E-state index contributed by atoms with van der Waals surface area (Å²) in [5.41, 5.74) is 3.88. The molecule has 0 saturated heterocycles. The number of hydrogen-bond donors (Lipinski definition) is 0. The third kappa shape index (κ3) is 1.86. The van der Waals surface area contributed by atoms with Crippen LogP contribution in [-0.4, -0.2) is 6.91 Å². The average molecular weight is 166 g/mol. The van der Waals surface area contributed by atoms with Gasteiger partial charge in [-0.25, -0.2) is 0 Å². The summed E-state index contributed by atoms with van der Waals surface area (Å²) in [6.07, 6.45) is 0. The van der Waals surface area contributed by atoms with Gasteiger partial charge in [0.2, 0.25) is 0 Å². The molecule has 0 radical (unpaired) electrons. The Morgan fingerprint density at radius 3 is 2.62 bits per heavy atom. The van der Waals surface area contributed by atoms with Crippen LogP contribution in [0.1, 0.15) is 5.56 Å². The van der Waals surface area contributed by atoms with E-state index >= 15 is 0 Å². The molecule has 0 bridgehead atoms. The van der Waals surface area contributed by atoms with Gasteiger partial charge < -0.3 is 0 Å². The summed E-state index contributed by atoms with van der Waals surface area (Å²) in [6.45, 7) is 4.25. The van der Waals surface area contributed by atoms with E-state index < -0.39 is 0 Å². The van der Waals surface area contributed by atoms with Gasteiger partial charge in [0.05, 0.1) is 0 Å². The molecule has 1 aromatic carbocycles. The molecule has 0 aliphatic rings. The zero-order valence-electron chi connectivity index (χ0n) is 7.70. The molecule has 0 fully saturated rings. The van der Waals surface area contributed by atoms with Crippen molar-refractivity contribution < 1.29 is 0 Å². The van der Waals surface area contributed by atoms with E-state index in [2.05, 4.69) is 56.2 Å². The van der Waals surface area contributed by atoms with Gasteiger partial charge in [0.15, 0.2) is 0 Å². The summed E-state index contributed by atoms with van der Waals surface area (Å²) < 4.78 is 0. The van der Waals surface area contributed by atoms with E-state index in [1.54, 1.807) is 0 Å². The number of benzene rings is 1. The number of aryl methyl sites for hydroxylation is 1. The van der Waals surface area contributed by atoms with Gasteiger partial charge in [0, 0.05) is 0 Å². The number of rotatable bonds is 1. The molecule has 1 aromatic heterocycles. The molecule has 0 atom stereocenters. The summed E-state index contributed by atoms with van der Waals surface area (Å²) in [7, 11) is 0. The van der Waals surface area contributed by atoms with E-state index in [9.17, 15) is 0 Å². The summed E-state index contributed by atoms with van der Waals surface area (Å²) >= 11 is 0. The fourth-order valence-electron chi connectivity index (χ4n) is 1.46. The first-order chi connectivity index (χ1) is 6.36. The molecule has 1 heterocycles. The molecule has 2 rings (SSSR count). The van der Waals surface area contributed by atoms with E-state index in [4.69, 9.17) is 0 Å². The SMILES string of the molecule is Cc1cccc(-c2bcccc2)c1. The quantitative estimate of drug-likeness (QED) is 0.610. The van der Waals surface area contributed by atoms with Crippen LogP contribution in [0.2, 0.25) is 0 Å². The van der Waals surface area contributed by atoms with Crippen LogP contribution in [-0.2, 0) is 0 Å². The molecule has 0 N–H and O–H groups in total. The molecular formula is C12H11B. The molecule has 0 spiro atoms. The van der Waals surface area contributed by atoms with Crippen LogP contribution in [0.4, 0.5) is 0 Å². The second-order valence-electron chi connectivity index (χ2n) is 3.24. The molecule has 0 amide bonds. The Morgan fingerprint density at radius 1 is 1.00 bits per heavy atom. The molecule has 0 nitrogen and oxygen atoms in total. The number of hydrogen-bond acceptors (Lipinski definition) is 0. The average Bonchev–Trinajstić information content (AvgIpc) is 2.19. The van der Waals surface area contributed by atoms with Crippen molar-refractivity contribution >= 4 is 6.91 Å². The van der Waals surface area contributed by atoms with Gasteiger partial charge in [-0.05, 0) is 0 Å². The second kappa shape index (κ2) is 3.57. The minimum atomic E-state index is 1.28. The maximum atomic E-state index is 2.20. The fourth-order valence-corrected chi connectivity index (χ4v) is 1.46. The monoisotopic (exact) mass is 166 g/mol. The van der Waals surface area contributed by atoms with E-state index in [0.717, 1.165) is 0 Å². The predicted octanol–water partition coefficient (Wildman–Crippen LogP) is 3.00. The van der Waals surface area contributed by atoms with Crippen LogP contribution in [0, 0.1) is 6.92 Å². The predicted molar refractivity (Wildman–Crippen MR) is 58.0 cm³/mol. The van der Waals surface area contributed by atoms with Crippen molar-refractivity contribution in [2.45, 2.75) is 6.92 Å². The van der Waals surface area contributed by atoms with Crippen molar-refractivity contribution in [3.63, 3.8) is 0 Å².